The Labute approximate surface area is 176 Å². The lowest BCUT2D eigenvalue weighted by Crippen LogP contribution is -2.29. The topological polar surface area (TPSA) is 50.4 Å². The second kappa shape index (κ2) is 10.6. The zero-order valence-corrected chi connectivity index (χ0v) is 18.0. The van der Waals surface area contributed by atoms with E-state index in [1.807, 2.05) is 6.07 Å². The number of rotatable bonds is 7. The molecule has 0 saturated carbocycles. The van der Waals surface area contributed by atoms with Crippen molar-refractivity contribution in [3.05, 3.63) is 51.9 Å². The molecule has 3 rings (SSSR count). The number of unbranched alkanes of at least 4 members (excludes halogenated alkanes) is 1. The molecular formula is C22H28N2O2S2. The Bertz CT molecular complexity index is 802. The maximum atomic E-state index is 12.4. The van der Waals surface area contributed by atoms with Gasteiger partial charge in [0.1, 0.15) is 5.00 Å². The van der Waals surface area contributed by atoms with Gasteiger partial charge in [-0.15, -0.1) is 11.3 Å². The first-order chi connectivity index (χ1) is 13.7. The van der Waals surface area contributed by atoms with E-state index >= 15 is 0 Å². The van der Waals surface area contributed by atoms with E-state index < -0.39 is 0 Å². The van der Waals surface area contributed by atoms with Crippen LogP contribution in [0, 0.1) is 0 Å². The van der Waals surface area contributed by atoms with Crippen molar-refractivity contribution in [2.75, 3.05) is 19.0 Å². The lowest BCUT2D eigenvalue weighted by molar-refractivity contribution is 0.0601. The highest BCUT2D eigenvalue weighted by Gasteiger charge is 2.25. The van der Waals surface area contributed by atoms with E-state index in [-0.39, 0.29) is 5.97 Å². The van der Waals surface area contributed by atoms with Gasteiger partial charge in [-0.2, -0.15) is 0 Å². The van der Waals surface area contributed by atoms with Crippen LogP contribution in [0.3, 0.4) is 0 Å². The number of hydrogen-bond acceptors (Lipinski definition) is 4. The average molecular weight is 417 g/mol. The molecule has 0 radical (unpaired) electrons. The molecule has 0 amide bonds. The predicted molar refractivity (Wildman–Crippen MR) is 121 cm³/mol. The van der Waals surface area contributed by atoms with E-state index in [1.165, 1.54) is 30.4 Å². The SMILES string of the molecule is COC(=O)c1c(NC(=S)NCCCCc2ccccc2)sc2c1CCCCC2. The Balaban J connectivity index is 1.52. The monoisotopic (exact) mass is 416 g/mol. The number of fused-ring (bicyclic) bond motifs is 1. The predicted octanol–water partition coefficient (Wildman–Crippen LogP) is 5.11. The van der Waals surface area contributed by atoms with E-state index in [4.69, 9.17) is 17.0 Å². The molecule has 2 aromatic rings. The van der Waals surface area contributed by atoms with Crippen LogP contribution in [-0.2, 0) is 24.0 Å². The summed E-state index contributed by atoms with van der Waals surface area (Å²) in [6, 6.07) is 10.5. The van der Waals surface area contributed by atoms with Crippen LogP contribution in [-0.4, -0.2) is 24.7 Å². The maximum absolute atomic E-state index is 12.4. The molecule has 4 nitrogen and oxygen atoms in total. The number of thiophene rings is 1. The lowest BCUT2D eigenvalue weighted by Gasteiger charge is -2.11. The average Bonchev–Trinajstić information content (AvgIpc) is 2.88. The zero-order valence-electron chi connectivity index (χ0n) is 16.4. The van der Waals surface area contributed by atoms with Crippen LogP contribution < -0.4 is 10.6 Å². The van der Waals surface area contributed by atoms with Crippen molar-refractivity contribution in [2.45, 2.75) is 51.4 Å². The van der Waals surface area contributed by atoms with Crippen LogP contribution in [0.5, 0.6) is 0 Å². The van der Waals surface area contributed by atoms with Crippen LogP contribution in [0.15, 0.2) is 30.3 Å². The molecule has 0 spiro atoms. The fourth-order valence-corrected chi connectivity index (χ4v) is 5.15. The number of ether oxygens (including phenoxy) is 1. The maximum Gasteiger partial charge on any atom is 0.341 e. The van der Waals surface area contributed by atoms with Crippen molar-refractivity contribution in [3.8, 4) is 0 Å². The van der Waals surface area contributed by atoms with E-state index in [1.54, 1.807) is 11.3 Å². The highest BCUT2D eigenvalue weighted by molar-refractivity contribution is 7.80. The molecule has 150 valence electrons. The van der Waals surface area contributed by atoms with Crippen LogP contribution >= 0.6 is 23.6 Å². The number of hydrogen-bond donors (Lipinski definition) is 2. The van der Waals surface area contributed by atoms with Crippen molar-refractivity contribution in [2.24, 2.45) is 0 Å². The number of nitrogens with one attached hydrogen (secondary N) is 2. The Morgan fingerprint density at radius 3 is 2.71 bits per heavy atom. The standard InChI is InChI=1S/C22H28N2O2S2/c1-26-21(25)19-17-13-6-3-7-14-18(17)28-20(19)24-22(27)23-15-9-8-12-16-10-4-2-5-11-16/h2,4-5,10-11H,3,6-9,12-15H2,1H3,(H2,23,24,27). The number of aryl methyl sites for hydroxylation is 2. The summed E-state index contributed by atoms with van der Waals surface area (Å²) in [7, 11) is 1.44. The summed E-state index contributed by atoms with van der Waals surface area (Å²) < 4.78 is 5.04. The van der Waals surface area contributed by atoms with Crippen LogP contribution in [0.2, 0.25) is 0 Å². The van der Waals surface area contributed by atoms with Gasteiger partial charge in [0.15, 0.2) is 5.11 Å². The Morgan fingerprint density at radius 2 is 1.93 bits per heavy atom. The van der Waals surface area contributed by atoms with Gasteiger partial charge in [-0.05, 0) is 68.3 Å². The molecule has 1 heterocycles. The highest BCUT2D eigenvalue weighted by atomic mass is 32.1. The highest BCUT2D eigenvalue weighted by Crippen LogP contribution is 2.37. The van der Waals surface area contributed by atoms with Crippen LogP contribution in [0.1, 0.15) is 58.5 Å². The minimum absolute atomic E-state index is 0.271. The van der Waals surface area contributed by atoms with Crippen molar-refractivity contribution >= 4 is 39.6 Å². The minimum Gasteiger partial charge on any atom is -0.465 e. The van der Waals surface area contributed by atoms with Gasteiger partial charge in [0.25, 0.3) is 0 Å². The van der Waals surface area contributed by atoms with E-state index in [0.717, 1.165) is 55.6 Å². The molecule has 1 aliphatic carbocycles. The Kier molecular flexibility index (Phi) is 7.86. The molecule has 0 bridgehead atoms. The molecule has 0 aliphatic heterocycles. The first kappa shape index (κ1) is 20.8. The van der Waals surface area contributed by atoms with Gasteiger partial charge in [0.2, 0.25) is 0 Å². The summed E-state index contributed by atoms with van der Waals surface area (Å²) in [6.07, 6.45) is 8.72. The van der Waals surface area contributed by atoms with Gasteiger partial charge >= 0.3 is 5.97 Å². The molecule has 1 aromatic carbocycles. The fourth-order valence-electron chi connectivity index (χ4n) is 3.60. The molecule has 1 aliphatic rings. The summed E-state index contributed by atoms with van der Waals surface area (Å²) in [5.74, 6) is -0.271. The van der Waals surface area contributed by atoms with Crippen molar-refractivity contribution < 1.29 is 9.53 Å². The number of esters is 1. The van der Waals surface area contributed by atoms with Crippen molar-refractivity contribution in [1.82, 2.24) is 5.32 Å². The van der Waals surface area contributed by atoms with Crippen LogP contribution in [0.25, 0.3) is 0 Å². The molecule has 6 heteroatoms. The number of methoxy groups -OCH3 is 1. The normalized spacial score (nSPS) is 13.3. The molecule has 0 atom stereocenters. The van der Waals surface area contributed by atoms with Gasteiger partial charge < -0.3 is 15.4 Å². The van der Waals surface area contributed by atoms with Gasteiger partial charge in [0, 0.05) is 11.4 Å². The number of thiocarbonyl (C=S) groups is 1. The van der Waals surface area contributed by atoms with E-state index in [2.05, 4.69) is 34.9 Å². The number of carbonyl (C=O) groups is 1. The third-order valence-corrected chi connectivity index (χ3v) is 6.51. The van der Waals surface area contributed by atoms with Crippen molar-refractivity contribution in [3.63, 3.8) is 0 Å². The number of benzene rings is 1. The van der Waals surface area contributed by atoms with E-state index in [9.17, 15) is 4.79 Å². The van der Waals surface area contributed by atoms with Gasteiger partial charge in [-0.3, -0.25) is 0 Å². The third kappa shape index (κ3) is 5.55. The smallest absolute Gasteiger partial charge is 0.341 e. The summed E-state index contributed by atoms with van der Waals surface area (Å²) >= 11 is 7.11. The van der Waals surface area contributed by atoms with Gasteiger partial charge in [-0.25, -0.2) is 4.79 Å². The Morgan fingerprint density at radius 1 is 1.14 bits per heavy atom. The summed E-state index contributed by atoms with van der Waals surface area (Å²) in [5.41, 5.74) is 3.20. The summed E-state index contributed by atoms with van der Waals surface area (Å²) in [5, 5.41) is 7.91. The molecule has 28 heavy (non-hydrogen) atoms. The molecular weight excluding hydrogens is 388 g/mol. The molecule has 0 saturated heterocycles. The second-order valence-corrected chi connectivity index (χ2v) is 8.60. The molecule has 2 N–H and O–H groups in total. The fraction of sp³-hybridized carbons (Fsp3) is 0.455. The van der Waals surface area contributed by atoms with Gasteiger partial charge in [0.05, 0.1) is 12.7 Å². The molecule has 1 aromatic heterocycles. The summed E-state index contributed by atoms with van der Waals surface area (Å²) in [4.78, 5) is 13.7. The zero-order chi connectivity index (χ0) is 19.8. The van der Waals surface area contributed by atoms with Gasteiger partial charge in [-0.1, -0.05) is 36.8 Å². The first-order valence-corrected chi connectivity index (χ1v) is 11.2. The third-order valence-electron chi connectivity index (χ3n) is 5.06. The number of carbonyl (C=O) groups excluding carboxylic acids is 1. The molecule has 0 fully saturated rings. The summed E-state index contributed by atoms with van der Waals surface area (Å²) in [6.45, 7) is 0.817. The van der Waals surface area contributed by atoms with E-state index in [0.29, 0.717) is 10.7 Å². The minimum atomic E-state index is -0.271. The quantitative estimate of drug-likeness (QED) is 0.284. The van der Waals surface area contributed by atoms with Crippen molar-refractivity contribution in [1.29, 1.82) is 0 Å². The largest absolute Gasteiger partial charge is 0.465 e. The molecule has 0 unspecified atom stereocenters. The first-order valence-electron chi connectivity index (χ1n) is 10.0. The lowest BCUT2D eigenvalue weighted by atomic mass is 10.1. The second-order valence-electron chi connectivity index (χ2n) is 7.08. The Hall–Kier alpha value is -1.92. The van der Waals surface area contributed by atoms with Crippen LogP contribution in [0.4, 0.5) is 5.00 Å². The number of anilines is 1.